The molecule has 1 atom stereocenters. The van der Waals surface area contributed by atoms with Crippen LogP contribution in [0.2, 0.25) is 0 Å². The van der Waals surface area contributed by atoms with Crippen molar-refractivity contribution >= 4 is 24.0 Å². The predicted molar refractivity (Wildman–Crippen MR) is 82.3 cm³/mol. The van der Waals surface area contributed by atoms with E-state index in [4.69, 9.17) is 10.5 Å². The van der Waals surface area contributed by atoms with Gasteiger partial charge in [-0.25, -0.2) is 4.98 Å². The zero-order valence-corrected chi connectivity index (χ0v) is 12.6. The Bertz CT molecular complexity index is 598. The number of hydrogen-bond acceptors (Lipinski definition) is 5. The van der Waals surface area contributed by atoms with Crippen LogP contribution in [0.5, 0.6) is 0 Å². The Morgan fingerprint density at radius 3 is 2.86 bits per heavy atom. The molecular formula is C13H18ClN5O2. The van der Waals surface area contributed by atoms with Gasteiger partial charge in [-0.05, 0) is 19.1 Å². The molecule has 0 spiro atoms. The first-order chi connectivity index (χ1) is 9.63. The molecule has 0 saturated heterocycles. The van der Waals surface area contributed by atoms with Gasteiger partial charge in [-0.3, -0.25) is 9.89 Å². The first kappa shape index (κ1) is 17.1. The van der Waals surface area contributed by atoms with E-state index >= 15 is 0 Å². The first-order valence-corrected chi connectivity index (χ1v) is 6.17. The molecule has 1 amide bonds. The van der Waals surface area contributed by atoms with Crippen molar-refractivity contribution in [1.29, 1.82) is 0 Å². The Hall–Kier alpha value is -1.96. The summed E-state index contributed by atoms with van der Waals surface area (Å²) >= 11 is 0. The molecule has 21 heavy (non-hydrogen) atoms. The van der Waals surface area contributed by atoms with Gasteiger partial charge in [-0.15, -0.1) is 12.4 Å². The number of aromatic nitrogens is 3. The molecule has 1 unspecified atom stereocenters. The van der Waals surface area contributed by atoms with E-state index in [1.807, 2.05) is 19.1 Å². The van der Waals surface area contributed by atoms with Crippen LogP contribution in [0.4, 0.5) is 5.69 Å². The van der Waals surface area contributed by atoms with Crippen LogP contribution in [-0.4, -0.2) is 40.8 Å². The van der Waals surface area contributed by atoms with E-state index in [-0.39, 0.29) is 24.9 Å². The zero-order valence-electron chi connectivity index (χ0n) is 11.8. The lowest BCUT2D eigenvalue weighted by molar-refractivity contribution is -0.125. The van der Waals surface area contributed by atoms with Gasteiger partial charge in [0.25, 0.3) is 5.91 Å². The van der Waals surface area contributed by atoms with Gasteiger partial charge in [0.1, 0.15) is 11.9 Å². The van der Waals surface area contributed by atoms with E-state index < -0.39 is 6.10 Å². The summed E-state index contributed by atoms with van der Waals surface area (Å²) in [5, 5.41) is 9.61. The van der Waals surface area contributed by atoms with Crippen molar-refractivity contribution in [2.45, 2.75) is 13.0 Å². The molecule has 2 rings (SSSR count). The highest BCUT2D eigenvalue weighted by atomic mass is 35.5. The van der Waals surface area contributed by atoms with Crippen LogP contribution in [0.15, 0.2) is 24.3 Å². The SMILES string of the molecule is COC(CN)C(=O)Nc1cccc(-c2n[nH]c(C)n2)c1.Cl. The summed E-state index contributed by atoms with van der Waals surface area (Å²) in [6.45, 7) is 1.95. The molecule has 4 N–H and O–H groups in total. The van der Waals surface area contributed by atoms with Crippen LogP contribution < -0.4 is 11.1 Å². The number of aryl methyl sites for hydroxylation is 1. The highest BCUT2D eigenvalue weighted by Gasteiger charge is 2.16. The van der Waals surface area contributed by atoms with Crippen molar-refractivity contribution in [2.75, 3.05) is 19.0 Å². The normalized spacial score (nSPS) is 11.6. The summed E-state index contributed by atoms with van der Waals surface area (Å²) in [4.78, 5) is 16.1. The van der Waals surface area contributed by atoms with Gasteiger partial charge in [-0.1, -0.05) is 12.1 Å². The number of ether oxygens (including phenoxy) is 1. The molecule has 0 aliphatic heterocycles. The molecule has 2 aromatic rings. The van der Waals surface area contributed by atoms with Crippen LogP contribution in [0.3, 0.4) is 0 Å². The molecule has 1 aromatic heterocycles. The second kappa shape index (κ2) is 7.72. The van der Waals surface area contributed by atoms with Crippen molar-refractivity contribution < 1.29 is 9.53 Å². The zero-order chi connectivity index (χ0) is 14.5. The number of hydrogen-bond donors (Lipinski definition) is 3. The average molecular weight is 312 g/mol. The Labute approximate surface area is 128 Å². The molecular weight excluding hydrogens is 294 g/mol. The number of benzene rings is 1. The maximum absolute atomic E-state index is 11.9. The lowest BCUT2D eigenvalue weighted by Crippen LogP contribution is -2.35. The maximum Gasteiger partial charge on any atom is 0.254 e. The number of methoxy groups -OCH3 is 1. The Morgan fingerprint density at radius 2 is 2.29 bits per heavy atom. The maximum atomic E-state index is 11.9. The number of aromatic amines is 1. The van der Waals surface area contributed by atoms with Gasteiger partial charge >= 0.3 is 0 Å². The first-order valence-electron chi connectivity index (χ1n) is 6.17. The molecule has 114 valence electrons. The third kappa shape index (κ3) is 4.25. The van der Waals surface area contributed by atoms with Crippen LogP contribution in [0, 0.1) is 6.92 Å². The van der Waals surface area contributed by atoms with Crippen molar-refractivity contribution in [3.8, 4) is 11.4 Å². The number of nitrogens with two attached hydrogens (primary N) is 1. The number of amides is 1. The highest BCUT2D eigenvalue weighted by Crippen LogP contribution is 2.19. The minimum atomic E-state index is -0.663. The number of halogens is 1. The van der Waals surface area contributed by atoms with Gasteiger partial charge in [-0.2, -0.15) is 5.10 Å². The second-order valence-corrected chi connectivity index (χ2v) is 4.27. The Balaban J connectivity index is 0.00000220. The third-order valence-corrected chi connectivity index (χ3v) is 2.78. The van der Waals surface area contributed by atoms with Crippen molar-refractivity contribution in [3.05, 3.63) is 30.1 Å². The number of nitrogens with zero attached hydrogens (tertiary/aromatic N) is 2. The lowest BCUT2D eigenvalue weighted by atomic mass is 10.2. The molecule has 0 bridgehead atoms. The lowest BCUT2D eigenvalue weighted by Gasteiger charge is -2.13. The summed E-state index contributed by atoms with van der Waals surface area (Å²) in [6.07, 6.45) is -0.663. The summed E-state index contributed by atoms with van der Waals surface area (Å²) in [5.41, 5.74) is 6.91. The fourth-order valence-electron chi connectivity index (χ4n) is 1.74. The minimum Gasteiger partial charge on any atom is -0.370 e. The fraction of sp³-hybridized carbons (Fsp3) is 0.308. The van der Waals surface area contributed by atoms with Gasteiger partial charge in [0.05, 0.1) is 0 Å². The van der Waals surface area contributed by atoms with E-state index in [1.165, 1.54) is 7.11 Å². The van der Waals surface area contributed by atoms with Gasteiger partial charge in [0.15, 0.2) is 5.82 Å². The van der Waals surface area contributed by atoms with Crippen LogP contribution in [-0.2, 0) is 9.53 Å². The van der Waals surface area contributed by atoms with Crippen LogP contribution >= 0.6 is 12.4 Å². The molecule has 0 fully saturated rings. The molecule has 1 aromatic carbocycles. The quantitative estimate of drug-likeness (QED) is 0.767. The van der Waals surface area contributed by atoms with E-state index in [2.05, 4.69) is 20.5 Å². The van der Waals surface area contributed by atoms with Crippen molar-refractivity contribution in [3.63, 3.8) is 0 Å². The standard InChI is InChI=1S/C13H17N5O2.ClH/c1-8-15-12(18-17-8)9-4-3-5-10(6-9)16-13(19)11(7-14)20-2;/h3-6,11H,7,14H2,1-2H3,(H,16,19)(H,15,17,18);1H. The number of H-pyrrole nitrogens is 1. The molecule has 0 aliphatic carbocycles. The number of nitrogens with one attached hydrogen (secondary N) is 2. The predicted octanol–water partition coefficient (Wildman–Crippen LogP) is 1.11. The molecule has 1 heterocycles. The van der Waals surface area contributed by atoms with E-state index in [1.54, 1.807) is 12.1 Å². The third-order valence-electron chi connectivity index (χ3n) is 2.78. The molecule has 7 nitrogen and oxygen atoms in total. The van der Waals surface area contributed by atoms with Gasteiger partial charge in [0.2, 0.25) is 0 Å². The summed E-state index contributed by atoms with van der Waals surface area (Å²) < 4.78 is 4.98. The van der Waals surface area contributed by atoms with Crippen molar-refractivity contribution in [2.24, 2.45) is 5.73 Å². The molecule has 0 aliphatic rings. The van der Waals surface area contributed by atoms with E-state index in [0.29, 0.717) is 11.5 Å². The minimum absolute atomic E-state index is 0. The number of anilines is 1. The van der Waals surface area contributed by atoms with Crippen LogP contribution in [0.25, 0.3) is 11.4 Å². The summed E-state index contributed by atoms with van der Waals surface area (Å²) in [7, 11) is 1.45. The number of carbonyl (C=O) groups is 1. The molecule has 0 radical (unpaired) electrons. The largest absolute Gasteiger partial charge is 0.370 e. The molecule has 8 heteroatoms. The summed E-state index contributed by atoms with van der Waals surface area (Å²) in [5.74, 6) is 1.04. The Morgan fingerprint density at radius 1 is 1.52 bits per heavy atom. The monoisotopic (exact) mass is 311 g/mol. The van der Waals surface area contributed by atoms with Crippen molar-refractivity contribution in [1.82, 2.24) is 15.2 Å². The topological polar surface area (TPSA) is 106 Å². The van der Waals surface area contributed by atoms with E-state index in [9.17, 15) is 4.79 Å². The Kier molecular flexibility index (Phi) is 6.29. The molecule has 0 saturated carbocycles. The number of carbonyl (C=O) groups excluding carboxylic acids is 1. The average Bonchev–Trinajstić information content (AvgIpc) is 2.87. The highest BCUT2D eigenvalue weighted by molar-refractivity contribution is 5.94. The second-order valence-electron chi connectivity index (χ2n) is 4.27. The van der Waals surface area contributed by atoms with Gasteiger partial charge in [0, 0.05) is 24.9 Å². The van der Waals surface area contributed by atoms with Gasteiger partial charge < -0.3 is 15.8 Å². The van der Waals surface area contributed by atoms with E-state index in [0.717, 1.165) is 11.4 Å². The number of rotatable bonds is 5. The van der Waals surface area contributed by atoms with Crippen LogP contribution in [0.1, 0.15) is 5.82 Å². The summed E-state index contributed by atoms with van der Waals surface area (Å²) in [6, 6.07) is 7.27. The smallest absolute Gasteiger partial charge is 0.254 e. The fourth-order valence-corrected chi connectivity index (χ4v) is 1.74.